The molecule has 0 aliphatic carbocycles. The Kier molecular flexibility index (Phi) is 6.66. The fourth-order valence-electron chi connectivity index (χ4n) is 2.68. The molecule has 3 aromatic rings. The number of carbonyl (C=O) groups excluding carboxylic acids is 2. The Morgan fingerprint density at radius 1 is 1.00 bits per heavy atom. The van der Waals surface area contributed by atoms with Crippen LogP contribution in [0.2, 0.25) is 0 Å². The van der Waals surface area contributed by atoms with Gasteiger partial charge >= 0.3 is 0 Å². The van der Waals surface area contributed by atoms with Crippen molar-refractivity contribution >= 4 is 35.0 Å². The number of para-hydroxylation sites is 1. The van der Waals surface area contributed by atoms with Gasteiger partial charge < -0.3 is 15.2 Å². The number of aromatic nitrogens is 3. The molecule has 2 N–H and O–H groups in total. The van der Waals surface area contributed by atoms with Gasteiger partial charge in [-0.05, 0) is 43.2 Å². The first-order chi connectivity index (χ1) is 13.9. The van der Waals surface area contributed by atoms with Crippen molar-refractivity contribution in [1.82, 2.24) is 14.8 Å². The van der Waals surface area contributed by atoms with Crippen LogP contribution in [0.25, 0.3) is 0 Å². The second-order valence-corrected chi connectivity index (χ2v) is 7.65. The molecule has 0 unspecified atom stereocenters. The fourth-order valence-corrected chi connectivity index (χ4v) is 3.41. The number of hydrogen-bond acceptors (Lipinski definition) is 5. The molecule has 1 aromatic heterocycles. The van der Waals surface area contributed by atoms with Gasteiger partial charge in [0.05, 0.1) is 12.2 Å². The van der Waals surface area contributed by atoms with E-state index in [1.165, 1.54) is 11.8 Å². The van der Waals surface area contributed by atoms with E-state index in [1.807, 2.05) is 62.4 Å². The molecule has 0 fully saturated rings. The molecule has 0 saturated carbocycles. The Morgan fingerprint density at radius 2 is 1.76 bits per heavy atom. The predicted octanol–water partition coefficient (Wildman–Crippen LogP) is 3.34. The van der Waals surface area contributed by atoms with Gasteiger partial charge in [0, 0.05) is 18.4 Å². The number of anilines is 2. The van der Waals surface area contributed by atoms with Gasteiger partial charge in [-0.25, -0.2) is 0 Å². The Hall–Kier alpha value is -3.13. The highest BCUT2D eigenvalue weighted by atomic mass is 32.2. The Balaban J connectivity index is 1.54. The number of thioether (sulfide) groups is 1. The lowest BCUT2D eigenvalue weighted by molar-refractivity contribution is -0.116. The third kappa shape index (κ3) is 5.68. The second-order valence-electron chi connectivity index (χ2n) is 6.70. The first-order valence-electron chi connectivity index (χ1n) is 9.15. The summed E-state index contributed by atoms with van der Waals surface area (Å²) in [5.41, 5.74) is 3.65. The highest BCUT2D eigenvalue weighted by Gasteiger charge is 2.15. The summed E-state index contributed by atoms with van der Waals surface area (Å²) >= 11 is 1.28. The molecule has 2 amide bonds. The van der Waals surface area contributed by atoms with Crippen LogP contribution in [0.5, 0.6) is 0 Å². The molecule has 0 aliphatic rings. The van der Waals surface area contributed by atoms with E-state index < -0.39 is 0 Å². The molecule has 0 bridgehead atoms. The third-order valence-corrected chi connectivity index (χ3v) is 5.32. The van der Waals surface area contributed by atoms with E-state index in [0.29, 0.717) is 11.0 Å². The first kappa shape index (κ1) is 20.6. The molecular formula is C21H23N5O2S. The minimum atomic E-state index is -0.170. The van der Waals surface area contributed by atoms with Crippen LogP contribution in [0.1, 0.15) is 17.0 Å². The number of rotatable bonds is 7. The van der Waals surface area contributed by atoms with E-state index in [2.05, 4.69) is 20.8 Å². The number of nitrogens with one attached hydrogen (secondary N) is 2. The van der Waals surface area contributed by atoms with Gasteiger partial charge in [-0.15, -0.1) is 10.2 Å². The maximum atomic E-state index is 12.3. The van der Waals surface area contributed by atoms with Gasteiger partial charge in [-0.3, -0.25) is 9.59 Å². The molecule has 0 atom stereocenters. The number of benzene rings is 2. The number of hydrogen-bond donors (Lipinski definition) is 2. The average Bonchev–Trinajstić information content (AvgIpc) is 3.03. The number of carbonyl (C=O) groups is 2. The summed E-state index contributed by atoms with van der Waals surface area (Å²) in [6.07, 6.45) is 0.105. The second kappa shape index (κ2) is 9.38. The molecule has 3 rings (SSSR count). The summed E-state index contributed by atoms with van der Waals surface area (Å²) < 4.78 is 1.74. The van der Waals surface area contributed by atoms with Gasteiger partial charge in [-0.1, -0.05) is 42.1 Å². The Bertz CT molecular complexity index is 1020. The zero-order chi connectivity index (χ0) is 20.8. The number of aryl methyl sites for hydroxylation is 2. The molecular weight excluding hydrogens is 386 g/mol. The van der Waals surface area contributed by atoms with Gasteiger partial charge in [0.1, 0.15) is 5.82 Å². The van der Waals surface area contributed by atoms with Gasteiger partial charge in [0.25, 0.3) is 0 Å². The van der Waals surface area contributed by atoms with Gasteiger partial charge in [-0.2, -0.15) is 0 Å². The summed E-state index contributed by atoms with van der Waals surface area (Å²) in [5.74, 6) is 0.456. The molecule has 0 aliphatic heterocycles. The topological polar surface area (TPSA) is 88.9 Å². The summed E-state index contributed by atoms with van der Waals surface area (Å²) in [5, 5.41) is 14.5. The highest BCUT2D eigenvalue weighted by molar-refractivity contribution is 7.99. The van der Waals surface area contributed by atoms with Crippen molar-refractivity contribution in [2.75, 3.05) is 16.4 Å². The van der Waals surface area contributed by atoms with Crippen molar-refractivity contribution in [3.63, 3.8) is 0 Å². The van der Waals surface area contributed by atoms with Crippen molar-refractivity contribution in [2.45, 2.75) is 25.4 Å². The quantitative estimate of drug-likeness (QED) is 0.584. The zero-order valence-electron chi connectivity index (χ0n) is 16.6. The molecule has 2 aromatic carbocycles. The van der Waals surface area contributed by atoms with Crippen LogP contribution in [0.3, 0.4) is 0 Å². The predicted molar refractivity (Wildman–Crippen MR) is 115 cm³/mol. The minimum Gasteiger partial charge on any atom is -0.326 e. The van der Waals surface area contributed by atoms with E-state index in [-0.39, 0.29) is 24.0 Å². The van der Waals surface area contributed by atoms with Crippen molar-refractivity contribution in [2.24, 2.45) is 7.05 Å². The monoisotopic (exact) mass is 409 g/mol. The molecule has 29 heavy (non-hydrogen) atoms. The standard InChI is InChI=1S/C21H23N5O2S/c1-14-9-10-15(2)17(11-14)23-20(28)13-29-21-25-24-18(26(21)3)12-19(27)22-16-7-5-4-6-8-16/h4-11H,12-13H2,1-3H3,(H,22,27)(H,23,28). The number of amides is 2. The van der Waals surface area contributed by atoms with Crippen LogP contribution in [-0.4, -0.2) is 32.3 Å². The van der Waals surface area contributed by atoms with Crippen molar-refractivity contribution < 1.29 is 9.59 Å². The van der Waals surface area contributed by atoms with Crippen LogP contribution < -0.4 is 10.6 Å². The molecule has 150 valence electrons. The minimum absolute atomic E-state index is 0.105. The van der Waals surface area contributed by atoms with E-state index >= 15 is 0 Å². The highest BCUT2D eigenvalue weighted by Crippen LogP contribution is 2.19. The Morgan fingerprint density at radius 3 is 2.52 bits per heavy atom. The van der Waals surface area contributed by atoms with E-state index in [4.69, 9.17) is 0 Å². The summed E-state index contributed by atoms with van der Waals surface area (Å²) in [7, 11) is 1.79. The molecule has 7 nitrogen and oxygen atoms in total. The molecule has 0 saturated heterocycles. The molecule has 0 radical (unpaired) electrons. The largest absolute Gasteiger partial charge is 0.326 e. The smallest absolute Gasteiger partial charge is 0.234 e. The van der Waals surface area contributed by atoms with Crippen molar-refractivity contribution in [3.05, 3.63) is 65.5 Å². The van der Waals surface area contributed by atoms with Crippen LogP contribution in [0, 0.1) is 13.8 Å². The Labute approximate surface area is 173 Å². The average molecular weight is 410 g/mol. The SMILES string of the molecule is Cc1ccc(C)c(NC(=O)CSc2nnc(CC(=O)Nc3ccccc3)n2C)c1. The normalized spacial score (nSPS) is 10.6. The maximum Gasteiger partial charge on any atom is 0.234 e. The van der Waals surface area contributed by atoms with Gasteiger partial charge in [0.2, 0.25) is 11.8 Å². The van der Waals surface area contributed by atoms with Gasteiger partial charge in [0.15, 0.2) is 5.16 Å². The molecule has 8 heteroatoms. The van der Waals surface area contributed by atoms with Crippen molar-refractivity contribution in [3.8, 4) is 0 Å². The van der Waals surface area contributed by atoms with Crippen molar-refractivity contribution in [1.29, 1.82) is 0 Å². The van der Waals surface area contributed by atoms with Crippen LogP contribution in [-0.2, 0) is 23.1 Å². The van der Waals surface area contributed by atoms with Crippen LogP contribution >= 0.6 is 11.8 Å². The lowest BCUT2D eigenvalue weighted by Gasteiger charge is -2.09. The van der Waals surface area contributed by atoms with E-state index in [0.717, 1.165) is 22.5 Å². The lowest BCUT2D eigenvalue weighted by atomic mass is 10.1. The zero-order valence-corrected chi connectivity index (χ0v) is 17.4. The van der Waals surface area contributed by atoms with Crippen LogP contribution in [0.4, 0.5) is 11.4 Å². The number of nitrogens with zero attached hydrogens (tertiary/aromatic N) is 3. The van der Waals surface area contributed by atoms with E-state index in [1.54, 1.807) is 11.6 Å². The summed E-state index contributed by atoms with van der Waals surface area (Å²) in [4.78, 5) is 24.5. The lowest BCUT2D eigenvalue weighted by Crippen LogP contribution is -2.17. The van der Waals surface area contributed by atoms with Crippen LogP contribution in [0.15, 0.2) is 53.7 Å². The van der Waals surface area contributed by atoms with E-state index in [9.17, 15) is 9.59 Å². The molecule has 1 heterocycles. The fraction of sp³-hybridized carbons (Fsp3) is 0.238. The first-order valence-corrected chi connectivity index (χ1v) is 10.1. The third-order valence-electron chi connectivity index (χ3n) is 4.30. The summed E-state index contributed by atoms with van der Waals surface area (Å²) in [6.45, 7) is 3.94. The maximum absolute atomic E-state index is 12.3. The summed E-state index contributed by atoms with van der Waals surface area (Å²) in [6, 6.07) is 15.2. The molecule has 0 spiro atoms.